The van der Waals surface area contributed by atoms with Crippen LogP contribution in [-0.2, 0) is 16.0 Å². The Morgan fingerprint density at radius 2 is 1.76 bits per heavy atom. The molecular formula is C24H20N2O3. The van der Waals surface area contributed by atoms with Crippen LogP contribution in [0, 0.1) is 11.8 Å². The number of anilines is 1. The van der Waals surface area contributed by atoms with Crippen molar-refractivity contribution in [2.24, 2.45) is 0 Å². The van der Waals surface area contributed by atoms with E-state index in [1.165, 1.54) is 7.11 Å². The van der Waals surface area contributed by atoms with Crippen LogP contribution >= 0.6 is 0 Å². The summed E-state index contributed by atoms with van der Waals surface area (Å²) in [7, 11) is 1.34. The van der Waals surface area contributed by atoms with E-state index in [9.17, 15) is 9.59 Å². The average molecular weight is 384 g/mol. The second-order valence-electron chi connectivity index (χ2n) is 6.31. The van der Waals surface area contributed by atoms with Gasteiger partial charge < -0.3 is 10.1 Å². The first-order chi connectivity index (χ1) is 14.1. The van der Waals surface area contributed by atoms with Crippen molar-refractivity contribution in [1.82, 2.24) is 4.98 Å². The molecule has 0 atom stereocenters. The van der Waals surface area contributed by atoms with Gasteiger partial charge in [-0.1, -0.05) is 30.0 Å². The molecular weight excluding hydrogens is 364 g/mol. The number of carbonyl (C=O) groups excluding carboxylic acids is 2. The molecule has 0 saturated heterocycles. The van der Waals surface area contributed by atoms with Crippen molar-refractivity contribution in [2.45, 2.75) is 12.8 Å². The van der Waals surface area contributed by atoms with E-state index in [-0.39, 0.29) is 5.91 Å². The number of nitrogens with one attached hydrogen (secondary N) is 1. The van der Waals surface area contributed by atoms with Gasteiger partial charge in [0.1, 0.15) is 0 Å². The molecule has 0 unspecified atom stereocenters. The summed E-state index contributed by atoms with van der Waals surface area (Å²) in [6.45, 7) is 0. The molecule has 0 aliphatic rings. The van der Waals surface area contributed by atoms with Crippen LogP contribution in [0.3, 0.4) is 0 Å². The molecule has 0 radical (unpaired) electrons. The Balaban J connectivity index is 1.64. The van der Waals surface area contributed by atoms with Crippen LogP contribution in [0.2, 0.25) is 0 Å². The van der Waals surface area contributed by atoms with E-state index >= 15 is 0 Å². The highest BCUT2D eigenvalue weighted by atomic mass is 16.5. The summed E-state index contributed by atoms with van der Waals surface area (Å²) in [6.07, 6.45) is 4.48. The first-order valence-corrected chi connectivity index (χ1v) is 9.13. The number of ether oxygens (including phenoxy) is 1. The first kappa shape index (κ1) is 19.8. The fourth-order valence-electron chi connectivity index (χ4n) is 2.69. The zero-order chi connectivity index (χ0) is 20.5. The number of pyridine rings is 1. The molecule has 3 aromatic rings. The second kappa shape index (κ2) is 9.86. The highest BCUT2D eigenvalue weighted by molar-refractivity contribution is 5.91. The van der Waals surface area contributed by atoms with E-state index in [4.69, 9.17) is 4.74 Å². The Kier molecular flexibility index (Phi) is 6.75. The molecule has 0 aliphatic heterocycles. The predicted octanol–water partition coefficient (Wildman–Crippen LogP) is 3.84. The molecule has 0 bridgehead atoms. The smallest absolute Gasteiger partial charge is 0.337 e. The Morgan fingerprint density at radius 1 is 1.00 bits per heavy atom. The zero-order valence-corrected chi connectivity index (χ0v) is 16.0. The number of benzene rings is 2. The molecule has 0 saturated carbocycles. The fourth-order valence-corrected chi connectivity index (χ4v) is 2.69. The number of esters is 1. The lowest BCUT2D eigenvalue weighted by Crippen LogP contribution is -2.12. The van der Waals surface area contributed by atoms with Crippen molar-refractivity contribution in [3.63, 3.8) is 0 Å². The summed E-state index contributed by atoms with van der Waals surface area (Å²) in [5.74, 6) is 5.62. The van der Waals surface area contributed by atoms with Crippen LogP contribution in [0.1, 0.15) is 33.5 Å². The molecule has 1 heterocycles. The maximum atomic E-state index is 12.2. The van der Waals surface area contributed by atoms with Gasteiger partial charge in [0.2, 0.25) is 5.91 Å². The van der Waals surface area contributed by atoms with Gasteiger partial charge in [-0.15, -0.1) is 0 Å². The molecule has 0 aliphatic carbocycles. The van der Waals surface area contributed by atoms with Crippen molar-refractivity contribution in [3.05, 3.63) is 95.3 Å². The van der Waals surface area contributed by atoms with Crippen LogP contribution in [0.4, 0.5) is 5.69 Å². The normalized spacial score (nSPS) is 9.83. The van der Waals surface area contributed by atoms with Crippen LogP contribution in [0.25, 0.3) is 0 Å². The lowest BCUT2D eigenvalue weighted by Gasteiger charge is -2.05. The fraction of sp³-hybridized carbons (Fsp3) is 0.125. The zero-order valence-electron chi connectivity index (χ0n) is 16.0. The van der Waals surface area contributed by atoms with Gasteiger partial charge in [0.05, 0.1) is 12.7 Å². The van der Waals surface area contributed by atoms with Crippen LogP contribution in [-0.4, -0.2) is 24.0 Å². The Labute approximate surface area is 169 Å². The molecule has 0 fully saturated rings. The van der Waals surface area contributed by atoms with E-state index in [0.717, 1.165) is 11.1 Å². The van der Waals surface area contributed by atoms with E-state index in [1.807, 2.05) is 42.5 Å². The minimum absolute atomic E-state index is 0.0651. The number of carbonyl (C=O) groups is 2. The van der Waals surface area contributed by atoms with Crippen molar-refractivity contribution >= 4 is 17.6 Å². The number of nitrogens with zero attached hydrogens (tertiary/aromatic N) is 1. The number of aromatic nitrogens is 1. The molecule has 29 heavy (non-hydrogen) atoms. The first-order valence-electron chi connectivity index (χ1n) is 9.13. The lowest BCUT2D eigenvalue weighted by molar-refractivity contribution is -0.116. The number of hydrogen-bond acceptors (Lipinski definition) is 4. The number of aryl methyl sites for hydroxylation is 1. The van der Waals surface area contributed by atoms with Crippen molar-refractivity contribution in [2.75, 3.05) is 12.4 Å². The summed E-state index contributed by atoms with van der Waals surface area (Å²) in [5.41, 5.74) is 3.64. The quantitative estimate of drug-likeness (QED) is 0.536. The number of amides is 1. The van der Waals surface area contributed by atoms with Gasteiger partial charge >= 0.3 is 5.97 Å². The third-order valence-corrected chi connectivity index (χ3v) is 4.14. The molecule has 5 heteroatoms. The average Bonchev–Trinajstić information content (AvgIpc) is 2.77. The van der Waals surface area contributed by atoms with E-state index in [0.29, 0.717) is 29.7 Å². The van der Waals surface area contributed by atoms with Crippen LogP contribution < -0.4 is 5.32 Å². The second-order valence-corrected chi connectivity index (χ2v) is 6.31. The molecule has 2 aromatic carbocycles. The number of rotatable bonds is 5. The molecule has 0 spiro atoms. The van der Waals surface area contributed by atoms with Crippen molar-refractivity contribution in [1.29, 1.82) is 0 Å². The summed E-state index contributed by atoms with van der Waals surface area (Å²) in [6, 6.07) is 18.1. The predicted molar refractivity (Wildman–Crippen MR) is 111 cm³/mol. The molecule has 1 N–H and O–H groups in total. The number of methoxy groups -OCH3 is 1. The summed E-state index contributed by atoms with van der Waals surface area (Å²) >= 11 is 0. The van der Waals surface area contributed by atoms with Gasteiger partial charge in [0.15, 0.2) is 0 Å². The Hall–Kier alpha value is -3.91. The Bertz CT molecular complexity index is 1070. The molecule has 3 rings (SSSR count). The van der Waals surface area contributed by atoms with Crippen molar-refractivity contribution < 1.29 is 14.3 Å². The van der Waals surface area contributed by atoms with E-state index < -0.39 is 5.97 Å². The Morgan fingerprint density at radius 3 is 2.48 bits per heavy atom. The van der Waals surface area contributed by atoms with E-state index in [2.05, 4.69) is 22.1 Å². The molecule has 1 amide bonds. The minimum atomic E-state index is -0.398. The molecule has 5 nitrogen and oxygen atoms in total. The van der Waals surface area contributed by atoms with Gasteiger partial charge in [0.25, 0.3) is 0 Å². The summed E-state index contributed by atoms with van der Waals surface area (Å²) < 4.78 is 4.72. The third-order valence-electron chi connectivity index (χ3n) is 4.14. The van der Waals surface area contributed by atoms with Crippen LogP contribution in [0.15, 0.2) is 73.1 Å². The highest BCUT2D eigenvalue weighted by Crippen LogP contribution is 2.12. The standard InChI is InChI=1S/C24H20N2O3/c1-29-24(28)21-8-2-5-18(15-21)10-11-19-6-3-9-22(16-19)26-23(27)13-12-20-7-4-14-25-17-20/h2-9,14-17H,12-13H2,1H3,(H,26,27). The SMILES string of the molecule is COC(=O)c1cccc(C#Cc2cccc(NC(=O)CCc3cccnc3)c2)c1. The maximum Gasteiger partial charge on any atom is 0.337 e. The van der Waals surface area contributed by atoms with E-state index in [1.54, 1.807) is 30.6 Å². The highest BCUT2D eigenvalue weighted by Gasteiger charge is 2.05. The van der Waals surface area contributed by atoms with Gasteiger partial charge in [-0.3, -0.25) is 9.78 Å². The summed E-state index contributed by atoms with van der Waals surface area (Å²) in [5, 5.41) is 2.89. The molecule has 1 aromatic heterocycles. The third kappa shape index (κ3) is 6.05. The minimum Gasteiger partial charge on any atom is -0.465 e. The largest absolute Gasteiger partial charge is 0.465 e. The van der Waals surface area contributed by atoms with Gasteiger partial charge in [-0.25, -0.2) is 4.79 Å². The summed E-state index contributed by atoms with van der Waals surface area (Å²) in [4.78, 5) is 27.9. The van der Waals surface area contributed by atoms with Gasteiger partial charge in [0, 0.05) is 35.6 Å². The molecule has 144 valence electrons. The van der Waals surface area contributed by atoms with Gasteiger partial charge in [-0.05, 0) is 54.4 Å². The number of hydrogen-bond donors (Lipinski definition) is 1. The maximum absolute atomic E-state index is 12.2. The van der Waals surface area contributed by atoms with Crippen LogP contribution in [0.5, 0.6) is 0 Å². The lowest BCUT2D eigenvalue weighted by atomic mass is 10.1. The monoisotopic (exact) mass is 384 g/mol. The van der Waals surface area contributed by atoms with Gasteiger partial charge in [-0.2, -0.15) is 0 Å². The van der Waals surface area contributed by atoms with Crippen molar-refractivity contribution in [3.8, 4) is 11.8 Å². The topological polar surface area (TPSA) is 68.3 Å².